The molecule has 4 unspecified atom stereocenters. The van der Waals surface area contributed by atoms with E-state index in [1.165, 1.54) is 0 Å². The summed E-state index contributed by atoms with van der Waals surface area (Å²) in [5, 5.41) is 28.5. The van der Waals surface area contributed by atoms with Crippen molar-refractivity contribution in [1.82, 2.24) is 0 Å². The third-order valence-corrected chi connectivity index (χ3v) is 3.29. The number of nitrogens with two attached hydrogens (primary N) is 1. The molecule has 0 aromatic carbocycles. The lowest BCUT2D eigenvalue weighted by atomic mass is 9.92. The van der Waals surface area contributed by atoms with E-state index < -0.39 is 30.5 Å². The molecule has 7 heteroatoms. The van der Waals surface area contributed by atoms with Crippen molar-refractivity contribution < 1.29 is 29.6 Å². The Bertz CT molecular complexity index is 285. The Labute approximate surface area is 112 Å². The largest absolute Gasteiger partial charge is 0.394 e. The molecular formula is C12H23NO6. The number of hydrogen-bond donors (Lipinski definition) is 4. The normalized spacial score (nSPS) is 35.3. The maximum absolute atomic E-state index is 10.5. The highest BCUT2D eigenvalue weighted by Gasteiger charge is 2.42. The van der Waals surface area contributed by atoms with Crippen LogP contribution < -0.4 is 5.73 Å². The molecule has 0 spiro atoms. The van der Waals surface area contributed by atoms with E-state index in [4.69, 9.17) is 20.3 Å². The van der Waals surface area contributed by atoms with Crippen LogP contribution in [0.4, 0.5) is 0 Å². The number of ether oxygens (including phenoxy) is 2. The van der Waals surface area contributed by atoms with Crippen LogP contribution in [0.2, 0.25) is 0 Å². The smallest absolute Gasteiger partial charge is 0.217 e. The number of amides is 1. The summed E-state index contributed by atoms with van der Waals surface area (Å²) < 4.78 is 10.9. The lowest BCUT2D eigenvalue weighted by Gasteiger charge is -2.40. The minimum absolute atomic E-state index is 0.311. The van der Waals surface area contributed by atoms with Crippen LogP contribution in [0.25, 0.3) is 0 Å². The minimum atomic E-state index is -1.12. The van der Waals surface area contributed by atoms with Crippen LogP contribution in [-0.2, 0) is 14.3 Å². The van der Waals surface area contributed by atoms with Crippen molar-refractivity contribution in [2.45, 2.75) is 50.8 Å². The predicted molar refractivity (Wildman–Crippen MR) is 65.9 cm³/mol. The zero-order valence-electron chi connectivity index (χ0n) is 11.1. The lowest BCUT2D eigenvalue weighted by Crippen LogP contribution is -2.55. The topological polar surface area (TPSA) is 122 Å². The Kier molecular flexibility index (Phi) is 6.67. The molecule has 0 bridgehead atoms. The molecular weight excluding hydrogens is 254 g/mol. The maximum Gasteiger partial charge on any atom is 0.217 e. The van der Waals surface area contributed by atoms with Gasteiger partial charge >= 0.3 is 0 Å². The van der Waals surface area contributed by atoms with Crippen molar-refractivity contribution in [1.29, 1.82) is 0 Å². The van der Waals surface area contributed by atoms with Crippen LogP contribution in [0.3, 0.4) is 0 Å². The summed E-state index contributed by atoms with van der Waals surface area (Å²) in [7, 11) is 0. The van der Waals surface area contributed by atoms with Crippen LogP contribution >= 0.6 is 0 Å². The number of rotatable bonds is 7. The zero-order chi connectivity index (χ0) is 14.4. The van der Waals surface area contributed by atoms with Gasteiger partial charge in [0.2, 0.25) is 5.91 Å². The highest BCUT2D eigenvalue weighted by atomic mass is 16.7. The number of hydrogen-bond acceptors (Lipinski definition) is 6. The molecule has 19 heavy (non-hydrogen) atoms. The van der Waals surface area contributed by atoms with Gasteiger partial charge in [0.05, 0.1) is 12.7 Å². The Morgan fingerprint density at radius 2 is 2.00 bits per heavy atom. The predicted octanol–water partition coefficient (Wildman–Crippen LogP) is -1.27. The molecule has 1 saturated heterocycles. The fourth-order valence-electron chi connectivity index (χ4n) is 2.01. The summed E-state index contributed by atoms with van der Waals surface area (Å²) in [6.07, 6.45) is -2.05. The second-order valence-corrected chi connectivity index (χ2v) is 4.86. The molecule has 112 valence electrons. The van der Waals surface area contributed by atoms with Gasteiger partial charge in [-0.1, -0.05) is 6.92 Å². The highest BCUT2D eigenvalue weighted by molar-refractivity contribution is 5.73. The zero-order valence-corrected chi connectivity index (χ0v) is 11.1. The van der Waals surface area contributed by atoms with Gasteiger partial charge in [0.15, 0.2) is 6.29 Å². The molecule has 0 aliphatic carbocycles. The molecule has 1 aliphatic rings. The number of carbonyl (C=O) groups is 1. The van der Waals surface area contributed by atoms with Crippen LogP contribution in [-0.4, -0.2) is 59.0 Å². The van der Waals surface area contributed by atoms with Crippen molar-refractivity contribution in [3.63, 3.8) is 0 Å². The van der Waals surface area contributed by atoms with Gasteiger partial charge in [0.1, 0.15) is 12.2 Å². The standard InChI is InChI=1S/C12H23NO6/c1-7-10(16)11(17)8(6-14)19-12(7)18-5-3-2-4-9(13)15/h7-8,10-12,14,16-17H,2-6H2,1H3,(H2,13,15)/t7?,8?,10-,11?,12?/m1/s1. The Balaban J connectivity index is 2.33. The molecule has 1 aliphatic heterocycles. The number of carbonyl (C=O) groups excluding carboxylic acids is 1. The van der Waals surface area contributed by atoms with E-state index in [-0.39, 0.29) is 12.5 Å². The van der Waals surface area contributed by atoms with Gasteiger partial charge in [-0.05, 0) is 12.8 Å². The van der Waals surface area contributed by atoms with Gasteiger partial charge < -0.3 is 30.5 Å². The molecule has 1 heterocycles. The first-order chi connectivity index (χ1) is 8.97. The van der Waals surface area contributed by atoms with E-state index in [2.05, 4.69) is 0 Å². The van der Waals surface area contributed by atoms with Gasteiger partial charge in [-0.2, -0.15) is 0 Å². The third-order valence-electron chi connectivity index (χ3n) is 3.29. The van der Waals surface area contributed by atoms with Crippen molar-refractivity contribution in [2.24, 2.45) is 11.7 Å². The molecule has 1 amide bonds. The molecule has 7 nitrogen and oxygen atoms in total. The van der Waals surface area contributed by atoms with Gasteiger partial charge in [-0.3, -0.25) is 4.79 Å². The Hall–Kier alpha value is -0.730. The number of primary amides is 1. The van der Waals surface area contributed by atoms with Crippen LogP contribution in [0.15, 0.2) is 0 Å². The summed E-state index contributed by atoms with van der Waals surface area (Å²) >= 11 is 0. The summed E-state index contributed by atoms with van der Waals surface area (Å²) in [5.41, 5.74) is 5.02. The summed E-state index contributed by atoms with van der Waals surface area (Å²) in [5.74, 6) is -0.741. The van der Waals surface area contributed by atoms with Crippen molar-refractivity contribution in [3.8, 4) is 0 Å². The minimum Gasteiger partial charge on any atom is -0.394 e. The third kappa shape index (κ3) is 4.70. The van der Waals surface area contributed by atoms with E-state index in [1.807, 2.05) is 0 Å². The monoisotopic (exact) mass is 277 g/mol. The lowest BCUT2D eigenvalue weighted by molar-refractivity contribution is -0.282. The van der Waals surface area contributed by atoms with Gasteiger partial charge in [0, 0.05) is 18.9 Å². The molecule has 1 rings (SSSR count). The molecule has 0 aromatic rings. The Morgan fingerprint density at radius 3 is 2.58 bits per heavy atom. The van der Waals surface area contributed by atoms with Crippen LogP contribution in [0.1, 0.15) is 26.2 Å². The molecule has 0 aromatic heterocycles. The quantitative estimate of drug-likeness (QED) is 0.431. The second-order valence-electron chi connectivity index (χ2n) is 4.86. The van der Waals surface area contributed by atoms with Gasteiger partial charge in [-0.25, -0.2) is 0 Å². The SMILES string of the molecule is CC1C(OCCCCC(N)=O)OC(CO)C(O)[C@@H]1O. The number of aliphatic hydroxyl groups excluding tert-OH is 3. The first-order valence-corrected chi connectivity index (χ1v) is 6.49. The van der Waals surface area contributed by atoms with E-state index in [0.717, 1.165) is 0 Å². The average Bonchev–Trinajstić information content (AvgIpc) is 2.37. The first-order valence-electron chi connectivity index (χ1n) is 6.49. The fraction of sp³-hybridized carbons (Fsp3) is 0.917. The highest BCUT2D eigenvalue weighted by Crippen LogP contribution is 2.26. The number of aliphatic hydroxyl groups is 3. The summed E-state index contributed by atoms with van der Waals surface area (Å²) in [6, 6.07) is 0. The molecule has 1 fully saturated rings. The van der Waals surface area contributed by atoms with E-state index in [1.54, 1.807) is 6.92 Å². The second kappa shape index (κ2) is 7.76. The molecule has 0 radical (unpaired) electrons. The number of unbranched alkanes of at least 4 members (excludes halogenated alkanes) is 1. The molecule has 5 atom stereocenters. The van der Waals surface area contributed by atoms with Crippen LogP contribution in [0, 0.1) is 5.92 Å². The van der Waals surface area contributed by atoms with Crippen LogP contribution in [0.5, 0.6) is 0 Å². The van der Waals surface area contributed by atoms with E-state index >= 15 is 0 Å². The van der Waals surface area contributed by atoms with Crippen molar-refractivity contribution in [3.05, 3.63) is 0 Å². The average molecular weight is 277 g/mol. The summed E-state index contributed by atoms with van der Waals surface area (Å²) in [6.45, 7) is 1.69. The maximum atomic E-state index is 10.5. The van der Waals surface area contributed by atoms with Gasteiger partial charge in [0.25, 0.3) is 0 Å². The van der Waals surface area contributed by atoms with Crippen molar-refractivity contribution in [2.75, 3.05) is 13.2 Å². The Morgan fingerprint density at radius 1 is 1.32 bits per heavy atom. The van der Waals surface area contributed by atoms with E-state index in [9.17, 15) is 15.0 Å². The van der Waals surface area contributed by atoms with Crippen molar-refractivity contribution >= 4 is 5.91 Å². The first kappa shape index (κ1) is 16.3. The summed E-state index contributed by atoms with van der Waals surface area (Å²) in [4.78, 5) is 10.5. The van der Waals surface area contributed by atoms with Gasteiger partial charge in [-0.15, -0.1) is 0 Å². The van der Waals surface area contributed by atoms with E-state index in [0.29, 0.717) is 25.9 Å². The molecule has 5 N–H and O–H groups in total. The molecule has 0 saturated carbocycles. The fourth-order valence-corrected chi connectivity index (χ4v) is 2.01.